The van der Waals surface area contributed by atoms with Crippen molar-refractivity contribution in [3.63, 3.8) is 0 Å². The summed E-state index contributed by atoms with van der Waals surface area (Å²) in [6.07, 6.45) is 0. The molecule has 0 aromatic carbocycles. The van der Waals surface area contributed by atoms with Crippen molar-refractivity contribution in [1.29, 1.82) is 0 Å². The summed E-state index contributed by atoms with van der Waals surface area (Å²) < 4.78 is 6.30. The van der Waals surface area contributed by atoms with E-state index in [0.717, 1.165) is 0 Å². The van der Waals surface area contributed by atoms with Crippen molar-refractivity contribution in [2.45, 2.75) is 0 Å². The molecule has 0 atom stereocenters. The summed E-state index contributed by atoms with van der Waals surface area (Å²) in [6.45, 7) is 0. The number of methoxy groups -OCH3 is 1. The van der Waals surface area contributed by atoms with Crippen LogP contribution in [0.2, 0.25) is 0 Å². The number of hydrogen-bond donors (Lipinski definition) is 0. The van der Waals surface area contributed by atoms with Gasteiger partial charge >= 0.3 is 6.02 Å². The first-order valence-corrected chi connectivity index (χ1v) is 2.91. The molecule has 54 valence electrons. The Kier molecular flexibility index (Phi) is 3.39. The van der Waals surface area contributed by atoms with Gasteiger partial charge in [0, 0.05) is 0 Å². The van der Waals surface area contributed by atoms with Crippen LogP contribution in [0.3, 0.4) is 0 Å². The molecule has 0 aliphatic carbocycles. The van der Waals surface area contributed by atoms with E-state index in [2.05, 4.69) is 0 Å². The zero-order chi connectivity index (χ0) is 7.44. The maximum atomic E-state index is 5.57. The number of hydrogen-bond acceptors (Lipinski definition) is 1. The summed E-state index contributed by atoms with van der Waals surface area (Å²) in [5.41, 5.74) is 0. The molecule has 4 heteroatoms. The van der Waals surface area contributed by atoms with Crippen LogP contribution in [0.1, 0.15) is 0 Å². The van der Waals surface area contributed by atoms with Crippen molar-refractivity contribution in [3.05, 3.63) is 0 Å². The van der Waals surface area contributed by atoms with Crippen molar-refractivity contribution in [1.82, 2.24) is 4.90 Å². The van der Waals surface area contributed by atoms with Gasteiger partial charge in [0.15, 0.2) is 0 Å². The Morgan fingerprint density at radius 1 is 1.56 bits per heavy atom. The Hall–Kier alpha value is -0.440. The minimum Gasteiger partial charge on any atom is -0.434 e. The smallest absolute Gasteiger partial charge is 0.434 e. The fourth-order valence-corrected chi connectivity index (χ4v) is 0.804. The van der Waals surface area contributed by atoms with E-state index < -0.39 is 0 Å². The van der Waals surface area contributed by atoms with E-state index in [4.69, 9.17) is 16.5 Å². The summed E-state index contributed by atoms with van der Waals surface area (Å²) in [5.74, 6) is 0. The summed E-state index contributed by atoms with van der Waals surface area (Å²) in [6, 6.07) is 0.622. The Morgan fingerprint density at radius 3 is 2.00 bits per heavy atom. The van der Waals surface area contributed by atoms with Gasteiger partial charge in [0.25, 0.3) is 0 Å². The van der Waals surface area contributed by atoms with Gasteiger partial charge in [-0.2, -0.15) is 0 Å². The highest BCUT2D eigenvalue weighted by Crippen LogP contribution is 1.86. The molecule has 0 aliphatic rings. The Balaban J connectivity index is 4.16. The van der Waals surface area contributed by atoms with Crippen LogP contribution >= 0.6 is 11.8 Å². The molecule has 0 amide bonds. The van der Waals surface area contributed by atoms with Gasteiger partial charge in [-0.3, -0.25) is 0 Å². The monoisotopic (exact) mass is 151 g/mol. The lowest BCUT2D eigenvalue weighted by Gasteiger charge is -2.05. The van der Waals surface area contributed by atoms with Crippen LogP contribution in [-0.4, -0.2) is 43.3 Å². The van der Waals surface area contributed by atoms with Crippen molar-refractivity contribution < 1.29 is 8.83 Å². The second-order valence-electron chi connectivity index (χ2n) is 1.86. The van der Waals surface area contributed by atoms with Crippen LogP contribution < -0.4 is 0 Å². The third kappa shape index (κ3) is 2.56. The molecule has 0 aromatic rings. The average molecular weight is 152 g/mol. The summed E-state index contributed by atoms with van der Waals surface area (Å²) in [4.78, 5) is 1.78. The maximum Gasteiger partial charge on any atom is 0.463 e. The molecule has 0 fully saturated rings. The Morgan fingerprint density at radius 2 is 2.00 bits per heavy atom. The summed E-state index contributed by atoms with van der Waals surface area (Å²) in [7, 11) is 7.00. The molecule has 0 unspecified atom stereocenters. The predicted octanol–water partition coefficient (Wildman–Crippen LogP) is 0.347. The molecule has 9 heavy (non-hydrogen) atoms. The Bertz CT molecular complexity index is 118. The normalized spacial score (nSPS) is 12.6. The second-order valence-corrected chi connectivity index (χ2v) is 2.37. The molecular formula is C5H12ClN2O+. The lowest BCUT2D eigenvalue weighted by atomic mass is 10.9. The number of amidine groups is 1. The summed E-state index contributed by atoms with van der Waals surface area (Å²) in [5, 5.41) is 0. The van der Waals surface area contributed by atoms with E-state index in [1.54, 1.807) is 19.1 Å². The molecule has 0 aromatic heterocycles. The quantitative estimate of drug-likeness (QED) is 0.282. The first kappa shape index (κ1) is 8.56. The number of ether oxygens (including phenoxy) is 1. The van der Waals surface area contributed by atoms with E-state index in [0.29, 0.717) is 6.02 Å². The minimum atomic E-state index is 0.622. The van der Waals surface area contributed by atoms with Gasteiger partial charge in [-0.05, 0) is 0 Å². The third-order valence-electron chi connectivity index (χ3n) is 0.829. The topological polar surface area (TPSA) is 15.5 Å². The van der Waals surface area contributed by atoms with Crippen LogP contribution in [0.25, 0.3) is 0 Å². The Labute approximate surface area is 60.6 Å². The first-order chi connectivity index (χ1) is 4.09. The van der Waals surface area contributed by atoms with Crippen molar-refractivity contribution >= 4 is 17.8 Å². The van der Waals surface area contributed by atoms with E-state index >= 15 is 0 Å². The van der Waals surface area contributed by atoms with Gasteiger partial charge in [-0.15, -0.1) is 4.09 Å². The fraction of sp³-hybridized carbons (Fsp3) is 0.800. The number of nitrogens with zero attached hydrogens (tertiary/aromatic N) is 2. The third-order valence-corrected chi connectivity index (χ3v) is 0.973. The molecule has 0 rings (SSSR count). The van der Waals surface area contributed by atoms with Crippen molar-refractivity contribution in [2.75, 3.05) is 28.3 Å². The van der Waals surface area contributed by atoms with E-state index in [-0.39, 0.29) is 0 Å². The molecule has 0 bridgehead atoms. The lowest BCUT2D eigenvalue weighted by Crippen LogP contribution is -2.29. The SMILES string of the molecule is COC(N(C)C)=[N+](C)Cl. The largest absolute Gasteiger partial charge is 0.463 e. The first-order valence-electron chi connectivity index (χ1n) is 2.57. The van der Waals surface area contributed by atoms with E-state index in [1.165, 1.54) is 4.09 Å². The van der Waals surface area contributed by atoms with E-state index in [1.807, 2.05) is 14.1 Å². The molecule has 0 aliphatic heterocycles. The number of halogens is 1. The predicted molar refractivity (Wildman–Crippen MR) is 37.7 cm³/mol. The van der Waals surface area contributed by atoms with Crippen LogP contribution in [0.5, 0.6) is 0 Å². The summed E-state index contributed by atoms with van der Waals surface area (Å²) >= 11 is 5.57. The van der Waals surface area contributed by atoms with Crippen molar-refractivity contribution in [2.24, 2.45) is 0 Å². The zero-order valence-corrected chi connectivity index (χ0v) is 6.94. The van der Waals surface area contributed by atoms with Gasteiger partial charge in [0.2, 0.25) is 0 Å². The van der Waals surface area contributed by atoms with Crippen molar-refractivity contribution in [3.8, 4) is 0 Å². The highest BCUT2D eigenvalue weighted by Gasteiger charge is 2.11. The average Bonchev–Trinajstić information content (AvgIpc) is 1.64. The fourth-order valence-electron chi connectivity index (χ4n) is 0.584. The molecule has 3 nitrogen and oxygen atoms in total. The van der Waals surface area contributed by atoms with Crippen LogP contribution in [0, 0.1) is 0 Å². The van der Waals surface area contributed by atoms with Gasteiger partial charge in [0.1, 0.15) is 11.8 Å². The molecule has 0 radical (unpaired) electrons. The van der Waals surface area contributed by atoms with Crippen LogP contribution in [0.4, 0.5) is 0 Å². The lowest BCUT2D eigenvalue weighted by molar-refractivity contribution is -0.353. The molecule has 0 heterocycles. The second kappa shape index (κ2) is 3.56. The van der Waals surface area contributed by atoms with Gasteiger partial charge in [-0.25, -0.2) is 4.90 Å². The highest BCUT2D eigenvalue weighted by atomic mass is 35.5. The molecule has 0 saturated heterocycles. The standard InChI is InChI=1S/C5H12ClN2O/c1-7(2)5(9-4)8(3)6/h1-4H3/q+1. The van der Waals surface area contributed by atoms with E-state index in [9.17, 15) is 0 Å². The molecule has 0 saturated carbocycles. The molecule has 0 spiro atoms. The van der Waals surface area contributed by atoms with Gasteiger partial charge in [0.05, 0.1) is 28.3 Å². The minimum absolute atomic E-state index is 0.622. The van der Waals surface area contributed by atoms with Crippen LogP contribution in [-0.2, 0) is 4.74 Å². The highest BCUT2D eigenvalue weighted by molar-refractivity contribution is 6.07. The maximum absolute atomic E-state index is 5.57. The molecular weight excluding hydrogens is 140 g/mol. The number of rotatable bonds is 0. The van der Waals surface area contributed by atoms with Gasteiger partial charge < -0.3 is 4.74 Å². The molecule has 0 N–H and O–H groups in total. The van der Waals surface area contributed by atoms with Crippen LogP contribution in [0.15, 0.2) is 0 Å². The zero-order valence-electron chi connectivity index (χ0n) is 6.18. The van der Waals surface area contributed by atoms with Gasteiger partial charge in [-0.1, -0.05) is 0 Å².